The molecule has 0 atom stereocenters. The molecule has 116 valence electrons. The summed E-state index contributed by atoms with van der Waals surface area (Å²) in [5.41, 5.74) is 0.907. The summed E-state index contributed by atoms with van der Waals surface area (Å²) in [5, 5.41) is 19.5. The van der Waals surface area contributed by atoms with E-state index in [-0.39, 0.29) is 18.9 Å². The summed E-state index contributed by atoms with van der Waals surface area (Å²) in [6, 6.07) is 4.83. The maximum absolute atomic E-state index is 12.3. The van der Waals surface area contributed by atoms with Gasteiger partial charge in [0.1, 0.15) is 17.8 Å². The van der Waals surface area contributed by atoms with Crippen molar-refractivity contribution in [2.24, 2.45) is 0 Å². The number of benzene rings is 1. The molecule has 1 aromatic carbocycles. The number of rotatable bonds is 6. The van der Waals surface area contributed by atoms with E-state index in [4.69, 9.17) is 9.84 Å². The maximum Gasteiger partial charge on any atom is 0.305 e. The predicted molar refractivity (Wildman–Crippen MR) is 74.9 cm³/mol. The summed E-state index contributed by atoms with van der Waals surface area (Å²) in [6.45, 7) is 0.125. The van der Waals surface area contributed by atoms with Gasteiger partial charge in [-0.15, -0.1) is 5.10 Å². The second-order valence-electron chi connectivity index (χ2n) is 4.51. The molecule has 0 unspecified atom stereocenters. The van der Waals surface area contributed by atoms with E-state index in [0.29, 0.717) is 17.0 Å². The normalized spacial score (nSPS) is 10.3. The quantitative estimate of drug-likeness (QED) is 0.812. The first kappa shape index (κ1) is 15.4. The number of hydrogen-bond acceptors (Lipinski definition) is 6. The standard InChI is InChI=1S/C13H15N5O4/c1-17(6-5-12(19)20)13(21)9-3-4-11(22-2)10(7-9)18-8-14-15-16-18/h3-4,7-8H,5-6H2,1-2H3,(H,19,20). The summed E-state index contributed by atoms with van der Waals surface area (Å²) >= 11 is 0. The van der Waals surface area contributed by atoms with Crippen LogP contribution in [0.4, 0.5) is 0 Å². The largest absolute Gasteiger partial charge is 0.494 e. The first-order valence-corrected chi connectivity index (χ1v) is 6.41. The molecule has 0 radical (unpaired) electrons. The van der Waals surface area contributed by atoms with Gasteiger partial charge in [-0.3, -0.25) is 9.59 Å². The number of carbonyl (C=O) groups excluding carboxylic acids is 1. The van der Waals surface area contributed by atoms with Crippen LogP contribution >= 0.6 is 0 Å². The summed E-state index contributed by atoms with van der Waals surface area (Å²) in [6.07, 6.45) is 1.28. The van der Waals surface area contributed by atoms with Crippen LogP contribution in [0.15, 0.2) is 24.5 Å². The number of tetrazole rings is 1. The van der Waals surface area contributed by atoms with Crippen LogP contribution in [-0.4, -0.2) is 62.8 Å². The van der Waals surface area contributed by atoms with Gasteiger partial charge in [-0.05, 0) is 28.6 Å². The molecule has 1 aromatic heterocycles. The van der Waals surface area contributed by atoms with Crippen molar-refractivity contribution in [2.45, 2.75) is 6.42 Å². The van der Waals surface area contributed by atoms with Gasteiger partial charge in [-0.25, -0.2) is 0 Å². The van der Waals surface area contributed by atoms with Gasteiger partial charge in [-0.2, -0.15) is 4.68 Å². The lowest BCUT2D eigenvalue weighted by molar-refractivity contribution is -0.137. The average Bonchev–Trinajstić information content (AvgIpc) is 3.05. The molecule has 2 rings (SSSR count). The average molecular weight is 305 g/mol. The van der Waals surface area contributed by atoms with Gasteiger partial charge < -0.3 is 14.7 Å². The molecule has 0 fully saturated rings. The van der Waals surface area contributed by atoms with E-state index in [1.165, 1.54) is 23.0 Å². The Kier molecular flexibility index (Phi) is 4.66. The summed E-state index contributed by atoms with van der Waals surface area (Å²) < 4.78 is 6.61. The minimum Gasteiger partial charge on any atom is -0.494 e. The molecule has 0 aliphatic carbocycles. The highest BCUT2D eigenvalue weighted by Gasteiger charge is 2.16. The Bertz CT molecular complexity index is 671. The predicted octanol–water partition coefficient (Wildman–Crippen LogP) is 0.218. The minimum atomic E-state index is -0.955. The molecule has 9 heteroatoms. The van der Waals surface area contributed by atoms with Gasteiger partial charge in [0.2, 0.25) is 0 Å². The van der Waals surface area contributed by atoms with Gasteiger partial charge in [0.25, 0.3) is 5.91 Å². The molecule has 0 aliphatic rings. The first-order chi connectivity index (χ1) is 10.5. The molecular weight excluding hydrogens is 290 g/mol. The fraction of sp³-hybridized carbons (Fsp3) is 0.308. The van der Waals surface area contributed by atoms with Crippen molar-refractivity contribution >= 4 is 11.9 Å². The van der Waals surface area contributed by atoms with Gasteiger partial charge in [0, 0.05) is 19.2 Å². The molecular formula is C13H15N5O4. The molecule has 2 aromatic rings. The van der Waals surface area contributed by atoms with E-state index >= 15 is 0 Å². The molecule has 1 amide bonds. The summed E-state index contributed by atoms with van der Waals surface area (Å²) in [4.78, 5) is 24.2. The lowest BCUT2D eigenvalue weighted by Gasteiger charge is -2.17. The highest BCUT2D eigenvalue weighted by atomic mass is 16.5. The van der Waals surface area contributed by atoms with Gasteiger partial charge in [0.15, 0.2) is 0 Å². The van der Waals surface area contributed by atoms with Crippen molar-refractivity contribution in [1.82, 2.24) is 25.1 Å². The number of carboxylic acids is 1. The van der Waals surface area contributed by atoms with Crippen molar-refractivity contribution < 1.29 is 19.4 Å². The van der Waals surface area contributed by atoms with Crippen LogP contribution in [0.5, 0.6) is 5.75 Å². The van der Waals surface area contributed by atoms with Crippen LogP contribution < -0.4 is 4.74 Å². The Morgan fingerprint density at radius 1 is 1.41 bits per heavy atom. The summed E-state index contributed by atoms with van der Waals surface area (Å²) in [7, 11) is 3.05. The van der Waals surface area contributed by atoms with Crippen molar-refractivity contribution in [1.29, 1.82) is 0 Å². The SMILES string of the molecule is COc1ccc(C(=O)N(C)CCC(=O)O)cc1-n1cnnn1. The van der Waals surface area contributed by atoms with E-state index in [2.05, 4.69) is 15.5 Å². The molecule has 0 bridgehead atoms. The number of amides is 1. The van der Waals surface area contributed by atoms with Crippen molar-refractivity contribution in [3.05, 3.63) is 30.1 Å². The third-order valence-corrected chi connectivity index (χ3v) is 3.03. The Morgan fingerprint density at radius 3 is 2.77 bits per heavy atom. The molecule has 22 heavy (non-hydrogen) atoms. The fourth-order valence-electron chi connectivity index (χ4n) is 1.86. The van der Waals surface area contributed by atoms with Crippen LogP contribution in [0.2, 0.25) is 0 Å². The van der Waals surface area contributed by atoms with E-state index in [1.807, 2.05) is 0 Å². The zero-order chi connectivity index (χ0) is 16.1. The Morgan fingerprint density at radius 2 is 2.18 bits per heavy atom. The lowest BCUT2D eigenvalue weighted by atomic mass is 10.1. The van der Waals surface area contributed by atoms with Crippen molar-refractivity contribution in [3.63, 3.8) is 0 Å². The van der Waals surface area contributed by atoms with Gasteiger partial charge in [0.05, 0.1) is 13.5 Å². The Hall–Kier alpha value is -2.97. The monoisotopic (exact) mass is 305 g/mol. The van der Waals surface area contributed by atoms with E-state index in [1.54, 1.807) is 25.2 Å². The molecule has 0 aliphatic heterocycles. The second-order valence-corrected chi connectivity index (χ2v) is 4.51. The topological polar surface area (TPSA) is 110 Å². The van der Waals surface area contributed by atoms with Crippen LogP contribution in [0, 0.1) is 0 Å². The smallest absolute Gasteiger partial charge is 0.305 e. The van der Waals surface area contributed by atoms with Crippen molar-refractivity contribution in [2.75, 3.05) is 20.7 Å². The second kappa shape index (κ2) is 6.66. The van der Waals surface area contributed by atoms with Crippen LogP contribution in [0.3, 0.4) is 0 Å². The molecule has 0 spiro atoms. The highest BCUT2D eigenvalue weighted by molar-refractivity contribution is 5.95. The lowest BCUT2D eigenvalue weighted by Crippen LogP contribution is -2.29. The third kappa shape index (κ3) is 3.37. The van der Waals surface area contributed by atoms with E-state index in [0.717, 1.165) is 0 Å². The number of carbonyl (C=O) groups is 2. The number of aromatic nitrogens is 4. The fourth-order valence-corrected chi connectivity index (χ4v) is 1.86. The number of nitrogens with zero attached hydrogens (tertiary/aromatic N) is 5. The third-order valence-electron chi connectivity index (χ3n) is 3.03. The molecule has 0 saturated carbocycles. The van der Waals surface area contributed by atoms with Crippen LogP contribution in [0.1, 0.15) is 16.8 Å². The maximum atomic E-state index is 12.3. The number of methoxy groups -OCH3 is 1. The van der Waals surface area contributed by atoms with E-state index < -0.39 is 5.97 Å². The van der Waals surface area contributed by atoms with Crippen LogP contribution in [0.25, 0.3) is 5.69 Å². The molecule has 0 saturated heterocycles. The zero-order valence-corrected chi connectivity index (χ0v) is 12.1. The zero-order valence-electron chi connectivity index (χ0n) is 12.1. The number of aliphatic carboxylic acids is 1. The van der Waals surface area contributed by atoms with Gasteiger partial charge in [-0.1, -0.05) is 0 Å². The molecule has 1 N–H and O–H groups in total. The minimum absolute atomic E-state index is 0.113. The van der Waals surface area contributed by atoms with Crippen LogP contribution in [-0.2, 0) is 4.79 Å². The van der Waals surface area contributed by atoms with E-state index in [9.17, 15) is 9.59 Å². The van der Waals surface area contributed by atoms with Crippen molar-refractivity contribution in [3.8, 4) is 11.4 Å². The number of carboxylic acid groups (broad SMARTS) is 1. The van der Waals surface area contributed by atoms with Gasteiger partial charge >= 0.3 is 5.97 Å². The molecule has 1 heterocycles. The molecule has 9 nitrogen and oxygen atoms in total. The number of ether oxygens (including phenoxy) is 1. The Labute approximate surface area is 126 Å². The summed E-state index contributed by atoms with van der Waals surface area (Å²) in [5.74, 6) is -0.737. The number of hydrogen-bond donors (Lipinski definition) is 1. The first-order valence-electron chi connectivity index (χ1n) is 6.41. The highest BCUT2D eigenvalue weighted by Crippen LogP contribution is 2.23. The Balaban J connectivity index is 2.27.